The lowest BCUT2D eigenvalue weighted by atomic mass is 10.1. The van der Waals surface area contributed by atoms with Crippen molar-refractivity contribution >= 4 is 22.0 Å². The van der Waals surface area contributed by atoms with E-state index in [2.05, 4.69) is 33.4 Å². The number of piperazine rings is 1. The van der Waals surface area contributed by atoms with Gasteiger partial charge in [0.15, 0.2) is 0 Å². The van der Waals surface area contributed by atoms with Crippen LogP contribution in [-0.2, 0) is 4.74 Å². The fourth-order valence-corrected chi connectivity index (χ4v) is 2.42. The number of benzene rings is 1. The van der Waals surface area contributed by atoms with Crippen molar-refractivity contribution in [3.05, 3.63) is 34.3 Å². The van der Waals surface area contributed by atoms with Crippen molar-refractivity contribution in [3.8, 4) is 0 Å². The molecule has 4 nitrogen and oxygen atoms in total. The molecule has 1 aromatic rings. The molecule has 1 atom stereocenters. The Morgan fingerprint density at radius 2 is 2.00 bits per heavy atom. The predicted molar refractivity (Wildman–Crippen MR) is 82.7 cm³/mol. The maximum atomic E-state index is 12.1. The van der Waals surface area contributed by atoms with E-state index in [-0.39, 0.29) is 12.1 Å². The lowest BCUT2D eigenvalue weighted by Crippen LogP contribution is -2.49. The van der Waals surface area contributed by atoms with Crippen molar-refractivity contribution in [2.75, 3.05) is 19.6 Å². The van der Waals surface area contributed by atoms with Gasteiger partial charge in [0.05, 0.1) is 6.04 Å². The van der Waals surface area contributed by atoms with E-state index in [1.807, 2.05) is 32.9 Å². The maximum Gasteiger partial charge on any atom is 0.410 e. The highest BCUT2D eigenvalue weighted by Crippen LogP contribution is 2.21. The molecule has 1 heterocycles. The van der Waals surface area contributed by atoms with Crippen molar-refractivity contribution in [2.24, 2.45) is 0 Å². The number of amides is 1. The molecule has 0 aliphatic carbocycles. The van der Waals surface area contributed by atoms with Crippen LogP contribution in [0.1, 0.15) is 32.4 Å². The van der Waals surface area contributed by atoms with Crippen LogP contribution in [0.5, 0.6) is 0 Å². The van der Waals surface area contributed by atoms with Gasteiger partial charge in [-0.05, 0) is 38.5 Å². The van der Waals surface area contributed by atoms with E-state index in [0.717, 1.165) is 11.0 Å². The number of ether oxygens (including phenoxy) is 1. The summed E-state index contributed by atoms with van der Waals surface area (Å²) in [6.45, 7) is 7.76. The molecule has 1 fully saturated rings. The Balaban J connectivity index is 2.01. The van der Waals surface area contributed by atoms with E-state index < -0.39 is 5.60 Å². The molecule has 0 radical (unpaired) electrons. The van der Waals surface area contributed by atoms with Crippen molar-refractivity contribution in [2.45, 2.75) is 32.4 Å². The molecule has 0 saturated carbocycles. The molecular weight excluding hydrogens is 320 g/mol. The molecule has 2 rings (SSSR count). The molecule has 110 valence electrons. The Labute approximate surface area is 128 Å². The van der Waals surface area contributed by atoms with Gasteiger partial charge in [-0.25, -0.2) is 4.79 Å². The monoisotopic (exact) mass is 340 g/mol. The van der Waals surface area contributed by atoms with Crippen molar-refractivity contribution < 1.29 is 9.53 Å². The number of carbonyl (C=O) groups is 1. The first-order valence-corrected chi connectivity index (χ1v) is 7.61. The third-order valence-electron chi connectivity index (χ3n) is 3.10. The molecule has 1 amide bonds. The van der Waals surface area contributed by atoms with Crippen LogP contribution < -0.4 is 5.32 Å². The number of carbonyl (C=O) groups excluding carboxylic acids is 1. The topological polar surface area (TPSA) is 41.6 Å². The van der Waals surface area contributed by atoms with Gasteiger partial charge in [0.2, 0.25) is 0 Å². The van der Waals surface area contributed by atoms with Crippen molar-refractivity contribution in [3.63, 3.8) is 0 Å². The number of rotatable bonds is 1. The van der Waals surface area contributed by atoms with E-state index >= 15 is 0 Å². The predicted octanol–water partition coefficient (Wildman–Crippen LogP) is 3.33. The highest BCUT2D eigenvalue weighted by Gasteiger charge is 2.27. The zero-order valence-corrected chi connectivity index (χ0v) is 13.7. The number of hydrogen-bond acceptors (Lipinski definition) is 3. The summed E-state index contributed by atoms with van der Waals surface area (Å²) < 4.78 is 6.49. The second kappa shape index (κ2) is 6.14. The van der Waals surface area contributed by atoms with Gasteiger partial charge in [-0.3, -0.25) is 0 Å². The summed E-state index contributed by atoms with van der Waals surface area (Å²) in [6.07, 6.45) is -0.235. The van der Waals surface area contributed by atoms with Gasteiger partial charge in [-0.15, -0.1) is 0 Å². The maximum absolute atomic E-state index is 12.1. The van der Waals surface area contributed by atoms with Gasteiger partial charge in [0.1, 0.15) is 5.60 Å². The highest BCUT2D eigenvalue weighted by atomic mass is 79.9. The summed E-state index contributed by atoms with van der Waals surface area (Å²) in [7, 11) is 0. The molecule has 1 aliphatic rings. The van der Waals surface area contributed by atoms with Crippen molar-refractivity contribution in [1.82, 2.24) is 10.2 Å². The minimum atomic E-state index is -0.449. The molecule has 0 spiro atoms. The Bertz CT molecular complexity index is 468. The van der Waals surface area contributed by atoms with Crippen LogP contribution in [0, 0.1) is 0 Å². The number of nitrogens with one attached hydrogen (secondary N) is 1. The summed E-state index contributed by atoms with van der Waals surface area (Å²) in [4.78, 5) is 13.9. The van der Waals surface area contributed by atoms with E-state index in [1.165, 1.54) is 5.56 Å². The van der Waals surface area contributed by atoms with Gasteiger partial charge < -0.3 is 15.0 Å². The largest absolute Gasteiger partial charge is 0.444 e. The second-order valence-electron chi connectivity index (χ2n) is 5.98. The molecule has 20 heavy (non-hydrogen) atoms. The van der Waals surface area contributed by atoms with E-state index in [1.54, 1.807) is 4.90 Å². The van der Waals surface area contributed by atoms with Crippen LogP contribution in [0.2, 0.25) is 0 Å². The van der Waals surface area contributed by atoms with Crippen LogP contribution in [0.4, 0.5) is 4.79 Å². The number of nitrogens with zero attached hydrogens (tertiary/aromatic N) is 1. The zero-order chi connectivity index (χ0) is 14.8. The fraction of sp³-hybridized carbons (Fsp3) is 0.533. The normalized spacial score (nSPS) is 19.8. The zero-order valence-electron chi connectivity index (χ0n) is 12.1. The first kappa shape index (κ1) is 15.3. The molecular formula is C15H21BrN2O2. The minimum Gasteiger partial charge on any atom is -0.444 e. The van der Waals surface area contributed by atoms with Crippen LogP contribution in [0.15, 0.2) is 28.7 Å². The molecule has 0 aromatic heterocycles. The Morgan fingerprint density at radius 1 is 1.35 bits per heavy atom. The Kier molecular flexibility index (Phi) is 4.70. The van der Waals surface area contributed by atoms with Gasteiger partial charge in [0.25, 0.3) is 0 Å². The lowest BCUT2D eigenvalue weighted by molar-refractivity contribution is 0.0195. The third kappa shape index (κ3) is 4.21. The third-order valence-corrected chi connectivity index (χ3v) is 3.63. The first-order chi connectivity index (χ1) is 9.35. The quantitative estimate of drug-likeness (QED) is 0.852. The molecule has 1 N–H and O–H groups in total. The molecule has 0 unspecified atom stereocenters. The van der Waals surface area contributed by atoms with Gasteiger partial charge in [-0.2, -0.15) is 0 Å². The van der Waals surface area contributed by atoms with Gasteiger partial charge in [-0.1, -0.05) is 28.1 Å². The van der Waals surface area contributed by atoms with Crippen LogP contribution >= 0.6 is 15.9 Å². The van der Waals surface area contributed by atoms with Crippen LogP contribution in [-0.4, -0.2) is 36.2 Å². The lowest BCUT2D eigenvalue weighted by Gasteiger charge is -2.35. The average molecular weight is 341 g/mol. The van der Waals surface area contributed by atoms with E-state index in [9.17, 15) is 4.79 Å². The summed E-state index contributed by atoms with van der Waals surface area (Å²) >= 11 is 3.43. The molecule has 5 heteroatoms. The standard InChI is InChI=1S/C15H21BrN2O2/c1-15(2,3)20-14(19)18-9-8-17-13(10-18)11-4-6-12(16)7-5-11/h4-7,13,17H,8-10H2,1-3H3/t13-/m0/s1. The molecule has 1 aliphatic heterocycles. The highest BCUT2D eigenvalue weighted by molar-refractivity contribution is 9.10. The molecule has 1 aromatic carbocycles. The van der Waals surface area contributed by atoms with Gasteiger partial charge in [0, 0.05) is 24.1 Å². The number of hydrogen-bond donors (Lipinski definition) is 1. The second-order valence-corrected chi connectivity index (χ2v) is 6.90. The Morgan fingerprint density at radius 3 is 2.60 bits per heavy atom. The molecule has 1 saturated heterocycles. The van der Waals surface area contributed by atoms with Crippen molar-refractivity contribution in [1.29, 1.82) is 0 Å². The minimum absolute atomic E-state index is 0.157. The SMILES string of the molecule is CC(C)(C)OC(=O)N1CCN[C@H](c2ccc(Br)cc2)C1. The average Bonchev–Trinajstić information content (AvgIpc) is 2.38. The molecule has 0 bridgehead atoms. The smallest absolute Gasteiger partial charge is 0.410 e. The van der Waals surface area contributed by atoms with E-state index in [4.69, 9.17) is 4.74 Å². The summed E-state index contributed by atoms with van der Waals surface area (Å²) in [5.41, 5.74) is 0.733. The first-order valence-electron chi connectivity index (χ1n) is 6.82. The summed E-state index contributed by atoms with van der Waals surface area (Å²) in [5.74, 6) is 0. The fourth-order valence-electron chi connectivity index (χ4n) is 2.16. The summed E-state index contributed by atoms with van der Waals surface area (Å²) in [6, 6.07) is 8.33. The van der Waals surface area contributed by atoms with E-state index in [0.29, 0.717) is 13.1 Å². The van der Waals surface area contributed by atoms with Crippen LogP contribution in [0.25, 0.3) is 0 Å². The number of halogens is 1. The van der Waals surface area contributed by atoms with Gasteiger partial charge >= 0.3 is 6.09 Å². The Hall–Kier alpha value is -1.07. The van der Waals surface area contributed by atoms with Crippen LogP contribution in [0.3, 0.4) is 0 Å². The summed E-state index contributed by atoms with van der Waals surface area (Å²) in [5, 5.41) is 3.44.